The maximum Gasteiger partial charge on any atom is 0.287 e. The number of nitrogens with one attached hydrogen (secondary N) is 1. The summed E-state index contributed by atoms with van der Waals surface area (Å²) in [6.45, 7) is 2.91. The van der Waals surface area contributed by atoms with E-state index in [9.17, 15) is 4.79 Å². The molecule has 0 unspecified atom stereocenters. The zero-order chi connectivity index (χ0) is 20.6. The number of carbonyl (C=O) groups is 1. The normalized spacial score (nSPS) is 12.0. The van der Waals surface area contributed by atoms with Crippen LogP contribution in [0.5, 0.6) is 11.5 Å². The summed E-state index contributed by atoms with van der Waals surface area (Å²) in [5.41, 5.74) is 1.65. The Kier molecular flexibility index (Phi) is 7.10. The fourth-order valence-electron chi connectivity index (χ4n) is 2.76. The van der Waals surface area contributed by atoms with Crippen molar-refractivity contribution in [2.45, 2.75) is 19.6 Å². The first-order valence-corrected chi connectivity index (χ1v) is 9.26. The lowest BCUT2D eigenvalue weighted by molar-refractivity contribution is 0.0510. The Labute approximate surface area is 169 Å². The highest BCUT2D eigenvalue weighted by atomic mass is 16.7. The summed E-state index contributed by atoms with van der Waals surface area (Å²) < 4.78 is 26.7. The van der Waals surface area contributed by atoms with Crippen molar-refractivity contribution in [1.82, 2.24) is 5.32 Å². The lowest BCUT2D eigenvalue weighted by atomic mass is 10.2. The summed E-state index contributed by atoms with van der Waals surface area (Å²) in [6, 6.07) is 14.5. The highest BCUT2D eigenvalue weighted by molar-refractivity contribution is 5.96. The molecule has 7 nitrogen and oxygen atoms in total. The maximum atomic E-state index is 12.4. The van der Waals surface area contributed by atoms with Crippen LogP contribution in [-0.4, -0.2) is 39.6 Å². The number of carbonyl (C=O) groups excluding carboxylic acids is 1. The van der Waals surface area contributed by atoms with Gasteiger partial charge in [0.2, 0.25) is 0 Å². The lowest BCUT2D eigenvalue weighted by Crippen LogP contribution is -2.35. The Morgan fingerprint density at radius 2 is 1.83 bits per heavy atom. The topological polar surface area (TPSA) is 79.2 Å². The van der Waals surface area contributed by atoms with Crippen molar-refractivity contribution in [2.24, 2.45) is 0 Å². The number of ether oxygens (including phenoxy) is 4. The van der Waals surface area contributed by atoms with Gasteiger partial charge < -0.3 is 28.7 Å². The van der Waals surface area contributed by atoms with Crippen molar-refractivity contribution in [3.8, 4) is 11.5 Å². The second kappa shape index (κ2) is 9.95. The summed E-state index contributed by atoms with van der Waals surface area (Å²) in [4.78, 5) is 12.4. The van der Waals surface area contributed by atoms with E-state index in [-0.39, 0.29) is 24.5 Å². The van der Waals surface area contributed by atoms with Crippen LogP contribution in [0.2, 0.25) is 0 Å². The van der Waals surface area contributed by atoms with E-state index in [2.05, 4.69) is 5.32 Å². The predicted molar refractivity (Wildman–Crippen MR) is 108 cm³/mol. The van der Waals surface area contributed by atoms with Crippen molar-refractivity contribution >= 4 is 16.9 Å². The smallest absolute Gasteiger partial charge is 0.287 e. The molecule has 0 saturated heterocycles. The molecule has 0 aliphatic rings. The van der Waals surface area contributed by atoms with Gasteiger partial charge >= 0.3 is 0 Å². The number of rotatable bonds is 10. The van der Waals surface area contributed by atoms with Crippen LogP contribution in [0.4, 0.5) is 0 Å². The number of fused-ring (bicyclic) bond motifs is 1. The van der Waals surface area contributed by atoms with Gasteiger partial charge in [-0.1, -0.05) is 12.1 Å². The third kappa shape index (κ3) is 5.73. The van der Waals surface area contributed by atoms with E-state index in [4.69, 9.17) is 23.4 Å². The van der Waals surface area contributed by atoms with E-state index in [0.717, 1.165) is 16.7 Å². The predicted octanol–water partition coefficient (Wildman–Crippen LogP) is 3.76. The Hall–Kier alpha value is -3.03. The van der Waals surface area contributed by atoms with E-state index >= 15 is 0 Å². The van der Waals surface area contributed by atoms with Gasteiger partial charge in [-0.3, -0.25) is 4.79 Å². The number of hydrogen-bond acceptors (Lipinski definition) is 6. The Balaban J connectivity index is 1.46. The molecule has 0 fully saturated rings. The molecule has 154 valence electrons. The van der Waals surface area contributed by atoms with Crippen LogP contribution < -0.4 is 14.8 Å². The number of methoxy groups -OCH3 is 2. The third-order valence-corrected chi connectivity index (χ3v) is 4.23. The van der Waals surface area contributed by atoms with Crippen LogP contribution >= 0.6 is 0 Å². The van der Waals surface area contributed by atoms with Crippen molar-refractivity contribution in [3.05, 3.63) is 59.9 Å². The minimum absolute atomic E-state index is 0.172. The Bertz CT molecular complexity index is 934. The fraction of sp³-hybridized carbons (Fsp3) is 0.318. The molecule has 2 aromatic carbocycles. The molecule has 0 aliphatic carbocycles. The second-order valence-electron chi connectivity index (χ2n) is 6.60. The van der Waals surface area contributed by atoms with Crippen LogP contribution in [0.25, 0.3) is 11.0 Å². The van der Waals surface area contributed by atoms with Gasteiger partial charge in [0.15, 0.2) is 12.6 Å². The third-order valence-electron chi connectivity index (χ3n) is 4.23. The number of furan rings is 1. The SMILES string of the molecule is COCOc1ccc(COC[C@@H](C)NC(=O)c2cc3cc(OC)ccc3o2)cc1. The minimum atomic E-state index is -0.282. The number of hydrogen-bond donors (Lipinski definition) is 1. The first-order chi connectivity index (χ1) is 14.1. The second-order valence-corrected chi connectivity index (χ2v) is 6.60. The summed E-state index contributed by atoms with van der Waals surface area (Å²) >= 11 is 0. The van der Waals surface area contributed by atoms with Gasteiger partial charge in [-0.15, -0.1) is 0 Å². The lowest BCUT2D eigenvalue weighted by Gasteiger charge is -2.13. The van der Waals surface area contributed by atoms with Gasteiger partial charge in [-0.25, -0.2) is 0 Å². The summed E-state index contributed by atoms with van der Waals surface area (Å²) in [6.07, 6.45) is 0. The van der Waals surface area contributed by atoms with Gasteiger partial charge in [0.25, 0.3) is 5.91 Å². The van der Waals surface area contributed by atoms with Crippen molar-refractivity contribution in [1.29, 1.82) is 0 Å². The zero-order valence-corrected chi connectivity index (χ0v) is 16.8. The number of benzene rings is 2. The van der Waals surface area contributed by atoms with Crippen LogP contribution in [-0.2, 0) is 16.1 Å². The summed E-state index contributed by atoms with van der Waals surface area (Å²) in [5, 5.41) is 3.70. The average Bonchev–Trinajstić information content (AvgIpc) is 3.16. The Morgan fingerprint density at radius 1 is 1.07 bits per heavy atom. The van der Waals surface area contributed by atoms with Gasteiger partial charge in [-0.05, 0) is 48.9 Å². The molecule has 0 aliphatic heterocycles. The van der Waals surface area contributed by atoms with Gasteiger partial charge in [0.05, 0.1) is 20.3 Å². The van der Waals surface area contributed by atoms with Gasteiger partial charge in [0.1, 0.15) is 17.1 Å². The average molecular weight is 399 g/mol. The standard InChI is InChI=1S/C22H25NO6/c1-15(12-27-13-16-4-6-18(7-5-16)28-14-25-2)23-22(24)21-11-17-10-19(26-3)8-9-20(17)29-21/h4-11,15H,12-14H2,1-3H3,(H,23,24)/t15-/m1/s1. The zero-order valence-electron chi connectivity index (χ0n) is 16.8. The van der Waals surface area contributed by atoms with Crippen molar-refractivity contribution in [2.75, 3.05) is 27.6 Å². The monoisotopic (exact) mass is 399 g/mol. The molecule has 0 radical (unpaired) electrons. The molecule has 1 atom stereocenters. The molecule has 3 rings (SSSR count). The largest absolute Gasteiger partial charge is 0.497 e. The summed E-state index contributed by atoms with van der Waals surface area (Å²) in [7, 11) is 3.17. The van der Waals surface area contributed by atoms with E-state index in [1.165, 1.54) is 0 Å². The maximum absolute atomic E-state index is 12.4. The molecule has 1 N–H and O–H groups in total. The molecule has 0 spiro atoms. The minimum Gasteiger partial charge on any atom is -0.497 e. The number of amides is 1. The van der Waals surface area contributed by atoms with Crippen LogP contribution in [0.3, 0.4) is 0 Å². The van der Waals surface area contributed by atoms with E-state index < -0.39 is 0 Å². The molecule has 3 aromatic rings. The van der Waals surface area contributed by atoms with Gasteiger partial charge in [0, 0.05) is 18.5 Å². The molecule has 1 aromatic heterocycles. The molecular weight excluding hydrogens is 374 g/mol. The highest BCUT2D eigenvalue weighted by Crippen LogP contribution is 2.24. The summed E-state index contributed by atoms with van der Waals surface area (Å²) in [5.74, 6) is 1.42. The van der Waals surface area contributed by atoms with E-state index in [0.29, 0.717) is 24.5 Å². The first kappa shape index (κ1) is 20.7. The molecule has 1 heterocycles. The van der Waals surface area contributed by atoms with Crippen molar-refractivity contribution < 1.29 is 28.2 Å². The highest BCUT2D eigenvalue weighted by Gasteiger charge is 2.15. The molecule has 0 saturated carbocycles. The van der Waals surface area contributed by atoms with Crippen molar-refractivity contribution in [3.63, 3.8) is 0 Å². The first-order valence-electron chi connectivity index (χ1n) is 9.26. The molecule has 1 amide bonds. The Morgan fingerprint density at radius 3 is 2.55 bits per heavy atom. The molecule has 29 heavy (non-hydrogen) atoms. The molecular formula is C22H25NO6. The van der Waals surface area contributed by atoms with E-state index in [1.807, 2.05) is 37.3 Å². The van der Waals surface area contributed by atoms with Gasteiger partial charge in [-0.2, -0.15) is 0 Å². The van der Waals surface area contributed by atoms with Crippen LogP contribution in [0.15, 0.2) is 52.9 Å². The van der Waals surface area contributed by atoms with E-state index in [1.54, 1.807) is 32.4 Å². The van der Waals surface area contributed by atoms with Crippen LogP contribution in [0, 0.1) is 0 Å². The molecule has 0 bridgehead atoms. The quantitative estimate of drug-likeness (QED) is 0.523. The van der Waals surface area contributed by atoms with Crippen LogP contribution in [0.1, 0.15) is 23.0 Å². The fourth-order valence-corrected chi connectivity index (χ4v) is 2.76. The molecule has 7 heteroatoms.